The summed E-state index contributed by atoms with van der Waals surface area (Å²) >= 11 is 0. The molecule has 0 radical (unpaired) electrons. The van der Waals surface area contributed by atoms with Gasteiger partial charge in [-0.15, -0.1) is 0 Å². The Balaban J connectivity index is 1.62. The van der Waals surface area contributed by atoms with Gasteiger partial charge in [0.25, 0.3) is 0 Å². The van der Waals surface area contributed by atoms with E-state index in [2.05, 4.69) is 55.8 Å². The quantitative estimate of drug-likeness (QED) is 0.405. The van der Waals surface area contributed by atoms with Crippen molar-refractivity contribution in [2.75, 3.05) is 6.61 Å². The number of benzene rings is 2. The van der Waals surface area contributed by atoms with Crippen LogP contribution in [0, 0.1) is 5.92 Å². The van der Waals surface area contributed by atoms with Crippen molar-refractivity contribution < 1.29 is 9.53 Å². The van der Waals surface area contributed by atoms with Crippen molar-refractivity contribution in [1.82, 2.24) is 14.9 Å². The molecule has 0 spiro atoms. The molecule has 0 fully saturated rings. The third-order valence-electron chi connectivity index (χ3n) is 5.85. The lowest BCUT2D eigenvalue weighted by atomic mass is 10.0. The van der Waals surface area contributed by atoms with Gasteiger partial charge in [0.15, 0.2) is 0 Å². The number of nitrogens with zero attached hydrogens (tertiary/aromatic N) is 2. The summed E-state index contributed by atoms with van der Waals surface area (Å²) in [5, 5.41) is 3.08. The summed E-state index contributed by atoms with van der Waals surface area (Å²) in [7, 11) is 0. The van der Waals surface area contributed by atoms with Gasteiger partial charge in [0.05, 0.1) is 24.2 Å². The van der Waals surface area contributed by atoms with Crippen LogP contribution in [0.25, 0.3) is 11.0 Å². The number of amides is 1. The molecule has 166 valence electrons. The third-order valence-corrected chi connectivity index (χ3v) is 5.85. The van der Waals surface area contributed by atoms with E-state index in [0.717, 1.165) is 48.4 Å². The molecule has 1 aromatic heterocycles. The van der Waals surface area contributed by atoms with Crippen molar-refractivity contribution in [2.24, 2.45) is 5.92 Å². The number of nitrogens with one attached hydrogen (secondary N) is 1. The van der Waals surface area contributed by atoms with Gasteiger partial charge >= 0.3 is 0 Å². The largest absolute Gasteiger partial charge is 0.494 e. The second-order valence-electron chi connectivity index (χ2n) is 8.33. The van der Waals surface area contributed by atoms with Crippen LogP contribution in [0.5, 0.6) is 5.75 Å². The Morgan fingerprint density at radius 3 is 2.45 bits per heavy atom. The van der Waals surface area contributed by atoms with E-state index in [9.17, 15) is 4.79 Å². The summed E-state index contributed by atoms with van der Waals surface area (Å²) in [6, 6.07) is 16.5. The van der Waals surface area contributed by atoms with E-state index < -0.39 is 0 Å². The third kappa shape index (κ3) is 5.87. The lowest BCUT2D eigenvalue weighted by Gasteiger charge is -2.14. The first kappa shape index (κ1) is 22.9. The Morgan fingerprint density at radius 2 is 1.77 bits per heavy atom. The van der Waals surface area contributed by atoms with Crippen molar-refractivity contribution >= 4 is 16.9 Å². The predicted octanol–water partition coefficient (Wildman–Crippen LogP) is 5.68. The number of para-hydroxylation sites is 2. The zero-order valence-electron chi connectivity index (χ0n) is 19.2. The fraction of sp³-hybridized carbons (Fsp3) is 0.462. The van der Waals surface area contributed by atoms with E-state index in [1.54, 1.807) is 0 Å². The molecule has 1 N–H and O–H groups in total. The molecule has 0 saturated carbocycles. The summed E-state index contributed by atoms with van der Waals surface area (Å²) in [6.45, 7) is 10.4. The van der Waals surface area contributed by atoms with Gasteiger partial charge in [-0.2, -0.15) is 0 Å². The molecule has 0 saturated heterocycles. The molecule has 1 heterocycles. The highest BCUT2D eigenvalue weighted by Crippen LogP contribution is 2.20. The average molecular weight is 422 g/mol. The van der Waals surface area contributed by atoms with Crippen LogP contribution >= 0.6 is 0 Å². The highest BCUT2D eigenvalue weighted by molar-refractivity contribution is 5.79. The van der Waals surface area contributed by atoms with Crippen molar-refractivity contribution in [3.63, 3.8) is 0 Å². The normalized spacial score (nSPS) is 11.4. The van der Waals surface area contributed by atoms with Gasteiger partial charge in [0.2, 0.25) is 5.91 Å². The van der Waals surface area contributed by atoms with Crippen LogP contribution in [-0.2, 0) is 17.9 Å². The Hall–Kier alpha value is -2.82. The zero-order valence-corrected chi connectivity index (χ0v) is 19.2. The summed E-state index contributed by atoms with van der Waals surface area (Å²) in [6.07, 6.45) is 2.57. The van der Waals surface area contributed by atoms with Gasteiger partial charge in [-0.3, -0.25) is 4.79 Å². The van der Waals surface area contributed by atoms with Crippen LogP contribution < -0.4 is 10.1 Å². The lowest BCUT2D eigenvalue weighted by Crippen LogP contribution is -2.30. The maximum atomic E-state index is 12.4. The van der Waals surface area contributed by atoms with E-state index in [1.165, 1.54) is 5.56 Å². The molecule has 5 heteroatoms. The van der Waals surface area contributed by atoms with E-state index in [4.69, 9.17) is 9.72 Å². The van der Waals surface area contributed by atoms with Gasteiger partial charge in [-0.05, 0) is 55.0 Å². The monoisotopic (exact) mass is 421 g/mol. The van der Waals surface area contributed by atoms with Crippen molar-refractivity contribution in [2.45, 2.75) is 66.0 Å². The molecule has 3 rings (SSSR count). The summed E-state index contributed by atoms with van der Waals surface area (Å²) in [5.74, 6) is 2.48. The first-order valence-corrected chi connectivity index (χ1v) is 11.5. The van der Waals surface area contributed by atoms with Gasteiger partial charge in [0, 0.05) is 12.5 Å². The standard InChI is InChI=1S/C26H35N3O2/c1-5-20(6-2)26(30)27-18-25-28-23-10-7-8-11-24(23)29(25)16-9-17-31-22-14-12-21(13-15-22)19(3)4/h7-8,10-15,19-20H,5-6,9,16-18H2,1-4H3,(H,27,30). The molecule has 0 aliphatic carbocycles. The minimum atomic E-state index is 0.0633. The molecular weight excluding hydrogens is 386 g/mol. The fourth-order valence-corrected chi connectivity index (χ4v) is 3.84. The highest BCUT2D eigenvalue weighted by Gasteiger charge is 2.16. The van der Waals surface area contributed by atoms with Crippen LogP contribution in [0.15, 0.2) is 48.5 Å². The van der Waals surface area contributed by atoms with E-state index in [-0.39, 0.29) is 11.8 Å². The molecule has 0 unspecified atom stereocenters. The second-order valence-corrected chi connectivity index (χ2v) is 8.33. The Bertz CT molecular complexity index is 972. The number of rotatable bonds is 11. The topological polar surface area (TPSA) is 56.2 Å². The maximum Gasteiger partial charge on any atom is 0.223 e. The predicted molar refractivity (Wildman–Crippen MR) is 126 cm³/mol. The van der Waals surface area contributed by atoms with Crippen LogP contribution in [0.1, 0.15) is 64.3 Å². The van der Waals surface area contributed by atoms with Crippen LogP contribution in [0.4, 0.5) is 0 Å². The number of aromatic nitrogens is 2. The van der Waals surface area contributed by atoms with Gasteiger partial charge in [0.1, 0.15) is 11.6 Å². The Labute approximate surface area is 185 Å². The number of ether oxygens (including phenoxy) is 1. The van der Waals surface area contributed by atoms with Crippen LogP contribution in [0.3, 0.4) is 0 Å². The molecule has 0 aliphatic heterocycles. The fourth-order valence-electron chi connectivity index (χ4n) is 3.84. The van der Waals surface area contributed by atoms with E-state index in [0.29, 0.717) is 19.1 Å². The van der Waals surface area contributed by atoms with Crippen LogP contribution in [-0.4, -0.2) is 22.1 Å². The number of imidazole rings is 1. The summed E-state index contributed by atoms with van der Waals surface area (Å²) in [4.78, 5) is 17.2. The minimum Gasteiger partial charge on any atom is -0.494 e. The number of hydrogen-bond acceptors (Lipinski definition) is 3. The number of aryl methyl sites for hydroxylation is 1. The van der Waals surface area contributed by atoms with Crippen molar-refractivity contribution in [1.29, 1.82) is 0 Å². The molecule has 31 heavy (non-hydrogen) atoms. The van der Waals surface area contributed by atoms with Crippen LogP contribution in [0.2, 0.25) is 0 Å². The van der Waals surface area contributed by atoms with Gasteiger partial charge in [-0.25, -0.2) is 4.98 Å². The molecular formula is C26H35N3O2. The number of carbonyl (C=O) groups excluding carboxylic acids is 1. The van der Waals surface area contributed by atoms with E-state index in [1.807, 2.05) is 30.3 Å². The zero-order chi connectivity index (χ0) is 22.2. The maximum absolute atomic E-state index is 12.4. The smallest absolute Gasteiger partial charge is 0.223 e. The van der Waals surface area contributed by atoms with Crippen molar-refractivity contribution in [3.8, 4) is 5.75 Å². The second kappa shape index (κ2) is 11.0. The molecule has 2 aromatic carbocycles. The first-order valence-electron chi connectivity index (χ1n) is 11.5. The molecule has 0 bridgehead atoms. The van der Waals surface area contributed by atoms with E-state index >= 15 is 0 Å². The van der Waals surface area contributed by atoms with Crippen molar-refractivity contribution in [3.05, 3.63) is 59.9 Å². The summed E-state index contributed by atoms with van der Waals surface area (Å²) in [5.41, 5.74) is 3.37. The lowest BCUT2D eigenvalue weighted by molar-refractivity contribution is -0.125. The molecule has 0 aliphatic rings. The average Bonchev–Trinajstić information content (AvgIpc) is 3.14. The molecule has 5 nitrogen and oxygen atoms in total. The molecule has 1 amide bonds. The van der Waals surface area contributed by atoms with Gasteiger partial charge < -0.3 is 14.6 Å². The molecule has 3 aromatic rings. The minimum absolute atomic E-state index is 0.0633. The first-order chi connectivity index (χ1) is 15.0. The SMILES string of the molecule is CCC(CC)C(=O)NCc1nc2ccccc2n1CCCOc1ccc(C(C)C)cc1. The molecule has 0 atom stereocenters. The number of fused-ring (bicyclic) bond motifs is 1. The Morgan fingerprint density at radius 1 is 1.06 bits per heavy atom. The number of carbonyl (C=O) groups is 1. The highest BCUT2D eigenvalue weighted by atomic mass is 16.5. The Kier molecular flexibility index (Phi) is 8.10. The summed E-state index contributed by atoms with van der Waals surface area (Å²) < 4.78 is 8.15. The number of hydrogen-bond donors (Lipinski definition) is 1. The van der Waals surface area contributed by atoms with Gasteiger partial charge in [-0.1, -0.05) is 52.0 Å².